The highest BCUT2D eigenvalue weighted by molar-refractivity contribution is 5.92. The van der Waals surface area contributed by atoms with Crippen molar-refractivity contribution in [3.05, 3.63) is 29.8 Å². The lowest BCUT2D eigenvalue weighted by atomic mass is 10.1. The number of aryl methyl sites for hydroxylation is 1. The van der Waals surface area contributed by atoms with Crippen molar-refractivity contribution < 1.29 is 14.7 Å². The van der Waals surface area contributed by atoms with Crippen LogP contribution in [0.4, 0.5) is 5.69 Å². The van der Waals surface area contributed by atoms with E-state index < -0.39 is 11.9 Å². The van der Waals surface area contributed by atoms with Gasteiger partial charge in [-0.2, -0.15) is 0 Å². The van der Waals surface area contributed by atoms with Crippen LogP contribution >= 0.6 is 0 Å². The van der Waals surface area contributed by atoms with E-state index in [-0.39, 0.29) is 12.5 Å². The number of aliphatic carboxylic acids is 1. The topological polar surface area (TPSA) is 69.6 Å². The summed E-state index contributed by atoms with van der Waals surface area (Å²) in [5, 5.41) is 11.7. The SMILES string of the molecule is CCc1cccc(NC(=O)CN(C)CC(C)C(=O)O)c1. The number of hydrogen-bond donors (Lipinski definition) is 2. The molecule has 1 aromatic rings. The van der Waals surface area contributed by atoms with Crippen molar-refractivity contribution in [2.45, 2.75) is 20.3 Å². The molecule has 1 aromatic carbocycles. The Kier molecular flexibility index (Phi) is 6.18. The van der Waals surface area contributed by atoms with E-state index in [2.05, 4.69) is 12.2 Å². The summed E-state index contributed by atoms with van der Waals surface area (Å²) in [5.41, 5.74) is 1.93. The zero-order chi connectivity index (χ0) is 15.1. The van der Waals surface area contributed by atoms with Crippen LogP contribution in [0.25, 0.3) is 0 Å². The summed E-state index contributed by atoms with van der Waals surface area (Å²) in [6.07, 6.45) is 0.916. The van der Waals surface area contributed by atoms with Gasteiger partial charge in [0.25, 0.3) is 0 Å². The molecule has 2 N–H and O–H groups in total. The van der Waals surface area contributed by atoms with Crippen LogP contribution in [0.2, 0.25) is 0 Å². The highest BCUT2D eigenvalue weighted by Crippen LogP contribution is 2.11. The zero-order valence-corrected chi connectivity index (χ0v) is 12.2. The molecule has 0 spiro atoms. The summed E-state index contributed by atoms with van der Waals surface area (Å²) in [6, 6.07) is 7.70. The molecule has 1 amide bonds. The van der Waals surface area contributed by atoms with E-state index in [1.165, 1.54) is 0 Å². The van der Waals surface area contributed by atoms with Crippen molar-refractivity contribution in [3.63, 3.8) is 0 Å². The molecule has 0 aliphatic rings. The maximum Gasteiger partial charge on any atom is 0.307 e. The second-order valence-electron chi connectivity index (χ2n) is 5.04. The van der Waals surface area contributed by atoms with Crippen LogP contribution < -0.4 is 5.32 Å². The van der Waals surface area contributed by atoms with Crippen molar-refractivity contribution in [2.24, 2.45) is 5.92 Å². The molecule has 0 bridgehead atoms. The van der Waals surface area contributed by atoms with Crippen LogP contribution in [0.15, 0.2) is 24.3 Å². The smallest absolute Gasteiger partial charge is 0.307 e. The first-order chi connectivity index (χ1) is 9.42. The lowest BCUT2D eigenvalue weighted by molar-refractivity contribution is -0.141. The van der Waals surface area contributed by atoms with E-state index in [1.807, 2.05) is 24.3 Å². The molecular weight excluding hydrogens is 256 g/mol. The number of hydrogen-bond acceptors (Lipinski definition) is 3. The number of nitrogens with zero attached hydrogens (tertiary/aromatic N) is 1. The number of benzene rings is 1. The number of carbonyl (C=O) groups is 2. The number of rotatable bonds is 7. The average Bonchev–Trinajstić information content (AvgIpc) is 2.38. The van der Waals surface area contributed by atoms with Gasteiger partial charge in [-0.3, -0.25) is 14.5 Å². The fourth-order valence-electron chi connectivity index (χ4n) is 1.92. The van der Waals surface area contributed by atoms with Gasteiger partial charge in [0.1, 0.15) is 0 Å². The number of likely N-dealkylation sites (N-methyl/N-ethyl adjacent to an activating group) is 1. The molecule has 1 unspecified atom stereocenters. The van der Waals surface area contributed by atoms with E-state index in [1.54, 1.807) is 18.9 Å². The Morgan fingerprint density at radius 3 is 2.70 bits per heavy atom. The molecule has 5 nitrogen and oxygen atoms in total. The standard InChI is InChI=1S/C15H22N2O3/c1-4-12-6-5-7-13(8-12)16-14(18)10-17(3)9-11(2)15(19)20/h5-8,11H,4,9-10H2,1-3H3,(H,16,18)(H,19,20). The molecule has 20 heavy (non-hydrogen) atoms. The second-order valence-corrected chi connectivity index (χ2v) is 5.04. The first kappa shape index (κ1) is 16.2. The van der Waals surface area contributed by atoms with E-state index in [0.29, 0.717) is 6.54 Å². The van der Waals surface area contributed by atoms with Gasteiger partial charge in [-0.05, 0) is 31.2 Å². The first-order valence-electron chi connectivity index (χ1n) is 6.72. The zero-order valence-electron chi connectivity index (χ0n) is 12.2. The summed E-state index contributed by atoms with van der Waals surface area (Å²) in [4.78, 5) is 24.3. The molecule has 1 atom stereocenters. The van der Waals surface area contributed by atoms with E-state index in [0.717, 1.165) is 17.7 Å². The molecule has 0 saturated carbocycles. The molecule has 0 heterocycles. The van der Waals surface area contributed by atoms with Crippen LogP contribution in [0.5, 0.6) is 0 Å². The molecule has 0 aliphatic heterocycles. The Labute approximate surface area is 119 Å². The van der Waals surface area contributed by atoms with Crippen LogP contribution in [-0.4, -0.2) is 42.0 Å². The maximum absolute atomic E-state index is 11.9. The highest BCUT2D eigenvalue weighted by Gasteiger charge is 2.15. The van der Waals surface area contributed by atoms with Gasteiger partial charge in [0.2, 0.25) is 5.91 Å². The van der Waals surface area contributed by atoms with Crippen molar-refractivity contribution in [1.29, 1.82) is 0 Å². The van der Waals surface area contributed by atoms with Gasteiger partial charge >= 0.3 is 5.97 Å². The van der Waals surface area contributed by atoms with E-state index in [4.69, 9.17) is 5.11 Å². The third-order valence-electron chi connectivity index (χ3n) is 3.04. The summed E-state index contributed by atoms with van der Waals surface area (Å²) < 4.78 is 0. The van der Waals surface area contributed by atoms with Crippen molar-refractivity contribution in [1.82, 2.24) is 4.90 Å². The number of carbonyl (C=O) groups excluding carboxylic acids is 1. The van der Waals surface area contributed by atoms with E-state index in [9.17, 15) is 9.59 Å². The lowest BCUT2D eigenvalue weighted by Gasteiger charge is -2.18. The summed E-state index contributed by atoms with van der Waals surface area (Å²) >= 11 is 0. The molecule has 1 rings (SSSR count). The van der Waals surface area contributed by atoms with Crippen molar-refractivity contribution in [2.75, 3.05) is 25.5 Å². The minimum absolute atomic E-state index is 0.140. The fraction of sp³-hybridized carbons (Fsp3) is 0.467. The predicted octanol–water partition coefficient (Wildman–Crippen LogP) is 1.84. The molecular formula is C15H22N2O3. The third kappa shape index (κ3) is 5.40. The number of nitrogens with one attached hydrogen (secondary N) is 1. The quantitative estimate of drug-likeness (QED) is 0.798. The van der Waals surface area contributed by atoms with Crippen molar-refractivity contribution >= 4 is 17.6 Å². The van der Waals surface area contributed by atoms with Gasteiger partial charge in [-0.25, -0.2) is 0 Å². The lowest BCUT2D eigenvalue weighted by Crippen LogP contribution is -2.35. The summed E-state index contributed by atoms with van der Waals surface area (Å²) in [5.74, 6) is -1.48. The van der Waals surface area contributed by atoms with Crippen LogP contribution in [0.3, 0.4) is 0 Å². The van der Waals surface area contributed by atoms with Crippen LogP contribution in [0.1, 0.15) is 19.4 Å². The molecule has 110 valence electrons. The largest absolute Gasteiger partial charge is 0.481 e. The average molecular weight is 278 g/mol. The Morgan fingerprint density at radius 2 is 2.10 bits per heavy atom. The van der Waals surface area contributed by atoms with Gasteiger partial charge in [0.15, 0.2) is 0 Å². The molecule has 0 saturated heterocycles. The Morgan fingerprint density at radius 1 is 1.40 bits per heavy atom. The number of carboxylic acids is 1. The third-order valence-corrected chi connectivity index (χ3v) is 3.04. The van der Waals surface area contributed by atoms with E-state index >= 15 is 0 Å². The molecule has 0 aromatic heterocycles. The summed E-state index contributed by atoms with van der Waals surface area (Å²) in [7, 11) is 1.74. The van der Waals surface area contributed by atoms with Gasteiger partial charge < -0.3 is 10.4 Å². The second kappa shape index (κ2) is 7.65. The Hall–Kier alpha value is -1.88. The first-order valence-corrected chi connectivity index (χ1v) is 6.72. The monoisotopic (exact) mass is 278 g/mol. The minimum atomic E-state index is -0.854. The van der Waals surface area contributed by atoms with Crippen molar-refractivity contribution in [3.8, 4) is 0 Å². The van der Waals surface area contributed by atoms with Gasteiger partial charge in [-0.15, -0.1) is 0 Å². The fourth-order valence-corrected chi connectivity index (χ4v) is 1.92. The predicted molar refractivity (Wildman–Crippen MR) is 78.7 cm³/mol. The normalized spacial score (nSPS) is 12.2. The van der Waals surface area contributed by atoms with Crippen LogP contribution in [0, 0.1) is 5.92 Å². The summed E-state index contributed by atoms with van der Waals surface area (Å²) in [6.45, 7) is 4.20. The number of amides is 1. The maximum atomic E-state index is 11.9. The number of carboxylic acid groups (broad SMARTS) is 1. The highest BCUT2D eigenvalue weighted by atomic mass is 16.4. The van der Waals surface area contributed by atoms with Gasteiger partial charge in [0, 0.05) is 12.2 Å². The molecule has 0 aliphatic carbocycles. The number of anilines is 1. The Bertz CT molecular complexity index is 474. The molecule has 0 fully saturated rings. The molecule has 5 heteroatoms. The van der Waals surface area contributed by atoms with Gasteiger partial charge in [0.05, 0.1) is 12.5 Å². The molecule has 0 radical (unpaired) electrons. The minimum Gasteiger partial charge on any atom is -0.481 e. The van der Waals surface area contributed by atoms with Gasteiger partial charge in [-0.1, -0.05) is 26.0 Å². The Balaban J connectivity index is 2.48. The van der Waals surface area contributed by atoms with Crippen LogP contribution in [-0.2, 0) is 16.0 Å².